The van der Waals surface area contributed by atoms with E-state index in [9.17, 15) is 4.79 Å². The second-order valence-corrected chi connectivity index (χ2v) is 8.75. The van der Waals surface area contributed by atoms with Crippen LogP contribution in [-0.2, 0) is 24.4 Å². The van der Waals surface area contributed by atoms with E-state index in [2.05, 4.69) is 69.1 Å². The van der Waals surface area contributed by atoms with E-state index in [1.165, 1.54) is 29.5 Å². The Hall–Kier alpha value is -2.86. The van der Waals surface area contributed by atoms with Gasteiger partial charge < -0.3 is 15.5 Å². The van der Waals surface area contributed by atoms with Gasteiger partial charge in [-0.1, -0.05) is 54.6 Å². The number of benzene rings is 2. The minimum absolute atomic E-state index is 0.266. The first-order valence-corrected chi connectivity index (χ1v) is 11.8. The third kappa shape index (κ3) is 5.88. The molecule has 2 aliphatic heterocycles. The van der Waals surface area contributed by atoms with Crippen LogP contribution in [0, 0.1) is 0 Å². The van der Waals surface area contributed by atoms with E-state index in [0.717, 1.165) is 38.6 Å². The number of hydrogen-bond acceptors (Lipinski definition) is 3. The highest BCUT2D eigenvalue weighted by Crippen LogP contribution is 2.20. The van der Waals surface area contributed by atoms with Gasteiger partial charge in [0.05, 0.1) is 0 Å². The molecule has 0 saturated carbocycles. The first-order chi connectivity index (χ1) is 15.7. The van der Waals surface area contributed by atoms with Gasteiger partial charge in [-0.15, -0.1) is 0 Å². The zero-order valence-corrected chi connectivity index (χ0v) is 19.1. The molecule has 2 N–H and O–H groups in total. The summed E-state index contributed by atoms with van der Waals surface area (Å²) in [5, 5.41) is 7.00. The molecule has 2 fully saturated rings. The van der Waals surface area contributed by atoms with Gasteiger partial charge in [0.25, 0.3) is 0 Å². The van der Waals surface area contributed by atoms with Crippen molar-refractivity contribution >= 4 is 11.9 Å². The molecule has 0 spiro atoms. The molecule has 2 aromatic carbocycles. The minimum Gasteiger partial charge on any atom is -0.355 e. The van der Waals surface area contributed by atoms with Crippen LogP contribution in [0.1, 0.15) is 42.4 Å². The average Bonchev–Trinajstić information content (AvgIpc) is 3.44. The van der Waals surface area contributed by atoms with Crippen LogP contribution in [-0.4, -0.2) is 54.4 Å². The van der Waals surface area contributed by atoms with Crippen LogP contribution >= 0.6 is 0 Å². The number of amides is 1. The smallest absolute Gasteiger partial charge is 0.222 e. The Labute approximate surface area is 191 Å². The van der Waals surface area contributed by atoms with Gasteiger partial charge in [-0.25, -0.2) is 0 Å². The Morgan fingerprint density at radius 1 is 0.969 bits per heavy atom. The lowest BCUT2D eigenvalue weighted by Crippen LogP contribution is -2.44. The van der Waals surface area contributed by atoms with Crippen molar-refractivity contribution in [2.45, 2.75) is 51.4 Å². The molecule has 1 amide bonds. The van der Waals surface area contributed by atoms with Gasteiger partial charge in [-0.05, 0) is 42.5 Å². The number of nitrogens with one attached hydrogen (secondary N) is 2. The fourth-order valence-corrected chi connectivity index (χ4v) is 4.73. The molecule has 2 aromatic rings. The van der Waals surface area contributed by atoms with Gasteiger partial charge in [-0.2, -0.15) is 0 Å². The van der Waals surface area contributed by atoms with Crippen LogP contribution in [0.3, 0.4) is 0 Å². The summed E-state index contributed by atoms with van der Waals surface area (Å²) >= 11 is 0. The van der Waals surface area contributed by atoms with Crippen molar-refractivity contribution in [2.75, 3.05) is 26.7 Å². The number of hydrogen-bond donors (Lipinski definition) is 2. The lowest BCUT2D eigenvalue weighted by atomic mass is 10.1. The van der Waals surface area contributed by atoms with Crippen molar-refractivity contribution in [1.82, 2.24) is 20.4 Å². The molecule has 1 unspecified atom stereocenters. The Morgan fingerprint density at radius 3 is 2.50 bits per heavy atom. The van der Waals surface area contributed by atoms with Gasteiger partial charge in [0.1, 0.15) is 0 Å². The van der Waals surface area contributed by atoms with Crippen molar-refractivity contribution in [1.29, 1.82) is 0 Å². The first kappa shape index (κ1) is 22.3. The molecule has 6 heteroatoms. The SMILES string of the molecule is CN=C(NCc1ccccc1CN1CCCC1=O)NCC1CCCN1Cc1ccccc1. The van der Waals surface area contributed by atoms with E-state index in [-0.39, 0.29) is 5.91 Å². The summed E-state index contributed by atoms with van der Waals surface area (Å²) in [4.78, 5) is 21.0. The summed E-state index contributed by atoms with van der Waals surface area (Å²) in [6, 6.07) is 19.6. The normalized spacial score (nSPS) is 19.5. The lowest BCUT2D eigenvalue weighted by molar-refractivity contribution is -0.128. The number of carbonyl (C=O) groups excluding carboxylic acids is 1. The number of rotatable bonds is 8. The van der Waals surface area contributed by atoms with Gasteiger partial charge in [0.15, 0.2) is 5.96 Å². The highest BCUT2D eigenvalue weighted by atomic mass is 16.2. The fraction of sp³-hybridized carbons (Fsp3) is 0.462. The van der Waals surface area contributed by atoms with Crippen molar-refractivity contribution in [2.24, 2.45) is 4.99 Å². The molecule has 6 nitrogen and oxygen atoms in total. The number of likely N-dealkylation sites (tertiary alicyclic amines) is 2. The number of nitrogens with zero attached hydrogens (tertiary/aromatic N) is 3. The topological polar surface area (TPSA) is 60.0 Å². The monoisotopic (exact) mass is 433 g/mol. The number of aliphatic imine (C=N–C) groups is 1. The van der Waals surface area contributed by atoms with Gasteiger partial charge in [0.2, 0.25) is 5.91 Å². The van der Waals surface area contributed by atoms with Crippen molar-refractivity contribution < 1.29 is 4.79 Å². The van der Waals surface area contributed by atoms with Gasteiger partial charge >= 0.3 is 0 Å². The maximum atomic E-state index is 12.0. The van der Waals surface area contributed by atoms with E-state index >= 15 is 0 Å². The molecule has 1 atom stereocenters. The van der Waals surface area contributed by atoms with E-state index < -0.39 is 0 Å². The van der Waals surface area contributed by atoms with Gasteiger partial charge in [-0.3, -0.25) is 14.7 Å². The summed E-state index contributed by atoms with van der Waals surface area (Å²) in [6.45, 7) is 5.29. The Balaban J connectivity index is 1.28. The van der Waals surface area contributed by atoms with Crippen LogP contribution < -0.4 is 10.6 Å². The summed E-state index contributed by atoms with van der Waals surface area (Å²) < 4.78 is 0. The lowest BCUT2D eigenvalue weighted by Gasteiger charge is -2.25. The van der Waals surface area contributed by atoms with E-state index in [1.807, 2.05) is 18.0 Å². The molecule has 2 aliphatic rings. The zero-order valence-electron chi connectivity index (χ0n) is 19.1. The fourth-order valence-electron chi connectivity index (χ4n) is 4.73. The summed E-state index contributed by atoms with van der Waals surface area (Å²) in [6.07, 6.45) is 4.11. The van der Waals surface area contributed by atoms with Gasteiger partial charge in [0, 0.05) is 52.2 Å². The van der Waals surface area contributed by atoms with Crippen LogP contribution in [0.4, 0.5) is 0 Å². The quantitative estimate of drug-likeness (QED) is 0.496. The summed E-state index contributed by atoms with van der Waals surface area (Å²) in [7, 11) is 1.82. The minimum atomic E-state index is 0.266. The molecule has 0 radical (unpaired) electrons. The predicted octanol–water partition coefficient (Wildman–Crippen LogP) is 3.14. The standard InChI is InChI=1S/C26H35N5O/c1-27-26(29-18-24-13-7-15-30(24)19-21-9-3-2-4-10-21)28-17-22-11-5-6-12-23(22)20-31-16-8-14-25(31)32/h2-6,9-12,24H,7-8,13-20H2,1H3,(H2,27,28,29). The third-order valence-electron chi connectivity index (χ3n) is 6.55. The molecule has 0 aromatic heterocycles. The van der Waals surface area contributed by atoms with Crippen molar-refractivity contribution in [3.63, 3.8) is 0 Å². The second-order valence-electron chi connectivity index (χ2n) is 8.75. The number of carbonyl (C=O) groups is 1. The molecule has 0 bridgehead atoms. The largest absolute Gasteiger partial charge is 0.355 e. The Kier molecular flexibility index (Phi) is 7.77. The van der Waals surface area contributed by atoms with Crippen LogP contribution in [0.5, 0.6) is 0 Å². The van der Waals surface area contributed by atoms with E-state index in [1.54, 1.807) is 0 Å². The molecule has 170 valence electrons. The molecule has 32 heavy (non-hydrogen) atoms. The zero-order chi connectivity index (χ0) is 22.2. The first-order valence-electron chi connectivity index (χ1n) is 11.8. The molecule has 0 aliphatic carbocycles. The summed E-state index contributed by atoms with van der Waals surface area (Å²) in [5.41, 5.74) is 3.78. The maximum absolute atomic E-state index is 12.0. The van der Waals surface area contributed by atoms with Crippen molar-refractivity contribution in [3.8, 4) is 0 Å². The maximum Gasteiger partial charge on any atom is 0.222 e. The Bertz CT molecular complexity index is 913. The summed E-state index contributed by atoms with van der Waals surface area (Å²) in [5.74, 6) is 1.09. The second kappa shape index (κ2) is 11.1. The highest BCUT2D eigenvalue weighted by molar-refractivity contribution is 5.80. The average molecular weight is 434 g/mol. The van der Waals surface area contributed by atoms with Crippen molar-refractivity contribution in [3.05, 3.63) is 71.3 Å². The van der Waals surface area contributed by atoms with Crippen LogP contribution in [0.15, 0.2) is 59.6 Å². The predicted molar refractivity (Wildman–Crippen MR) is 129 cm³/mol. The van der Waals surface area contributed by atoms with E-state index in [0.29, 0.717) is 25.6 Å². The molecular weight excluding hydrogens is 398 g/mol. The van der Waals surface area contributed by atoms with Crippen LogP contribution in [0.25, 0.3) is 0 Å². The Morgan fingerprint density at radius 2 is 1.75 bits per heavy atom. The van der Waals surface area contributed by atoms with Crippen LogP contribution in [0.2, 0.25) is 0 Å². The molecule has 4 rings (SSSR count). The highest BCUT2D eigenvalue weighted by Gasteiger charge is 2.24. The number of guanidine groups is 1. The molecule has 2 heterocycles. The third-order valence-corrected chi connectivity index (χ3v) is 6.55. The van der Waals surface area contributed by atoms with E-state index in [4.69, 9.17) is 0 Å². The molecular formula is C26H35N5O. The molecule has 2 saturated heterocycles.